The lowest BCUT2D eigenvalue weighted by molar-refractivity contribution is -0.138. The minimum Gasteiger partial charge on any atom is -0.481 e. The second-order valence-electron chi connectivity index (χ2n) is 13.7. The quantitative estimate of drug-likeness (QED) is 0.0754. The summed E-state index contributed by atoms with van der Waals surface area (Å²) in [6.07, 6.45) is -1.75. The summed E-state index contributed by atoms with van der Waals surface area (Å²) in [5.41, 5.74) is 8.95. The highest BCUT2D eigenvalue weighted by Crippen LogP contribution is 2.48. The number of hydrogen-bond donors (Lipinski definition) is 3. The number of amides is 3. The molecule has 0 saturated carbocycles. The fraction of sp³-hybridized carbons (Fsp3) is 0.205. The van der Waals surface area contributed by atoms with Gasteiger partial charge >= 0.3 is 12.1 Å². The maximum Gasteiger partial charge on any atom is 0.421 e. The van der Waals surface area contributed by atoms with Crippen LogP contribution < -0.4 is 16.0 Å². The number of nitrogens with zero attached hydrogens (tertiary/aromatic N) is 1. The minimum absolute atomic E-state index is 0.0112. The maximum absolute atomic E-state index is 14.5. The molecule has 0 unspecified atom stereocenters. The van der Waals surface area contributed by atoms with Crippen molar-refractivity contribution in [3.63, 3.8) is 0 Å². The topological polar surface area (TPSA) is 156 Å². The molecule has 0 bridgehead atoms. The van der Waals surface area contributed by atoms with Crippen LogP contribution in [0.15, 0.2) is 140 Å². The van der Waals surface area contributed by atoms with E-state index in [0.29, 0.717) is 0 Å². The molecule has 5 aromatic rings. The number of nitrogens with one attached hydrogen (secondary N) is 1. The van der Waals surface area contributed by atoms with Crippen molar-refractivity contribution in [1.82, 2.24) is 0 Å². The fourth-order valence-electron chi connectivity index (χ4n) is 6.00. The molecule has 0 spiro atoms. The summed E-state index contributed by atoms with van der Waals surface area (Å²) < 4.78 is 4.91. The van der Waals surface area contributed by atoms with Gasteiger partial charge in [0, 0.05) is 23.3 Å². The minimum atomic E-state index is -1.24. The van der Waals surface area contributed by atoms with Crippen LogP contribution >= 0.6 is 11.8 Å². The first-order valence-corrected chi connectivity index (χ1v) is 18.7. The average molecular weight is 758 g/mol. The molecule has 0 radical (unpaired) electrons. The first-order valence-electron chi connectivity index (χ1n) is 17.7. The predicted molar refractivity (Wildman–Crippen MR) is 215 cm³/mol. The fourth-order valence-corrected chi connectivity index (χ4v) is 7.48. The summed E-state index contributed by atoms with van der Waals surface area (Å²) in [4.78, 5) is 67.1. The third kappa shape index (κ3) is 9.94. The first kappa shape index (κ1) is 40.2. The highest BCUT2D eigenvalue weighted by Gasteiger charge is 2.40. The van der Waals surface area contributed by atoms with E-state index in [-0.39, 0.29) is 34.7 Å². The molecule has 11 heteroatoms. The number of carboxylic acid groups (broad SMARTS) is 1. The number of benzene rings is 5. The van der Waals surface area contributed by atoms with Crippen molar-refractivity contribution in [3.05, 3.63) is 167 Å². The molecule has 10 nitrogen and oxygen atoms in total. The SMILES string of the molecule is CC(C)(C)OC(=O)N(C(=O)[C@@H](N)CSC(c1ccccc1)(c1ccccc1)c1ccccc1)c1ccc(NC(=O)CCC(=O)O)c(C(=O)c2ccccc2)c1. The maximum atomic E-state index is 14.5. The smallest absolute Gasteiger partial charge is 0.421 e. The van der Waals surface area contributed by atoms with Gasteiger partial charge in [0.15, 0.2) is 5.78 Å². The Kier molecular flexibility index (Phi) is 13.0. The van der Waals surface area contributed by atoms with Gasteiger partial charge in [0.25, 0.3) is 5.91 Å². The highest BCUT2D eigenvalue weighted by molar-refractivity contribution is 8.00. The van der Waals surface area contributed by atoms with E-state index < -0.39 is 52.5 Å². The summed E-state index contributed by atoms with van der Waals surface area (Å²) in [5, 5.41) is 11.7. The number of ether oxygens (including phenoxy) is 1. The molecule has 4 N–H and O–H groups in total. The molecule has 1 atom stereocenters. The third-order valence-electron chi connectivity index (χ3n) is 8.52. The van der Waals surface area contributed by atoms with Gasteiger partial charge in [0.1, 0.15) is 5.60 Å². The van der Waals surface area contributed by atoms with Crippen LogP contribution in [-0.2, 0) is 23.9 Å². The lowest BCUT2D eigenvalue weighted by Gasteiger charge is -2.36. The number of carbonyl (C=O) groups excluding carboxylic acids is 4. The number of rotatable bonds is 14. The van der Waals surface area contributed by atoms with Crippen molar-refractivity contribution in [3.8, 4) is 0 Å². The van der Waals surface area contributed by atoms with Gasteiger partial charge in [0.05, 0.1) is 28.6 Å². The number of imide groups is 1. The second kappa shape index (κ2) is 17.9. The zero-order valence-corrected chi connectivity index (χ0v) is 31.6. The second-order valence-corrected chi connectivity index (χ2v) is 15.0. The molecule has 0 heterocycles. The molecule has 5 aromatic carbocycles. The van der Waals surface area contributed by atoms with Gasteiger partial charge in [-0.2, -0.15) is 0 Å². The van der Waals surface area contributed by atoms with Gasteiger partial charge in [-0.1, -0.05) is 121 Å². The molecule has 282 valence electrons. The van der Waals surface area contributed by atoms with Crippen LogP contribution in [0.3, 0.4) is 0 Å². The van der Waals surface area contributed by atoms with Crippen molar-refractivity contribution < 1.29 is 33.8 Å². The zero-order valence-electron chi connectivity index (χ0n) is 30.8. The van der Waals surface area contributed by atoms with Gasteiger partial charge < -0.3 is 20.9 Å². The van der Waals surface area contributed by atoms with Gasteiger partial charge in [-0.05, 0) is 55.7 Å². The lowest BCUT2D eigenvalue weighted by atomic mass is 9.84. The van der Waals surface area contributed by atoms with Crippen LogP contribution in [0.4, 0.5) is 16.2 Å². The largest absolute Gasteiger partial charge is 0.481 e. The standard InChI is InChI=1S/C44H43N3O7S/c1-43(2,3)54-42(53)47(34-24-25-37(46-38(48)26-27-39(49)50)35(28-34)40(51)30-16-8-4-9-17-30)41(52)36(45)29-55-44(31-18-10-5-11-19-31,32-20-12-6-13-21-32)33-22-14-7-15-23-33/h4-25,28,36H,26-27,29,45H2,1-3H3,(H,46,48)(H,49,50)/t36-/m0/s1. The predicted octanol–water partition coefficient (Wildman–Crippen LogP) is 8.04. The summed E-state index contributed by atoms with van der Waals surface area (Å²) in [6.45, 7) is 4.99. The van der Waals surface area contributed by atoms with E-state index in [1.165, 1.54) is 30.0 Å². The molecule has 0 aromatic heterocycles. The molecular weight excluding hydrogens is 715 g/mol. The van der Waals surface area contributed by atoms with Crippen LogP contribution in [0, 0.1) is 0 Å². The third-order valence-corrected chi connectivity index (χ3v) is 10.2. The Morgan fingerprint density at radius 3 is 1.69 bits per heavy atom. The Labute approximate surface area is 324 Å². The van der Waals surface area contributed by atoms with Gasteiger partial charge in [0.2, 0.25) is 5.91 Å². The highest BCUT2D eigenvalue weighted by atomic mass is 32.2. The molecule has 3 amide bonds. The van der Waals surface area contributed by atoms with Gasteiger partial charge in [-0.25, -0.2) is 9.69 Å². The average Bonchev–Trinajstić information content (AvgIpc) is 3.18. The summed E-state index contributed by atoms with van der Waals surface area (Å²) >= 11 is 1.46. The van der Waals surface area contributed by atoms with Gasteiger partial charge in [-0.15, -0.1) is 11.8 Å². The van der Waals surface area contributed by atoms with Crippen LogP contribution in [-0.4, -0.2) is 52.2 Å². The van der Waals surface area contributed by atoms with Crippen LogP contribution in [0.5, 0.6) is 0 Å². The van der Waals surface area contributed by atoms with Crippen molar-refractivity contribution in [2.75, 3.05) is 16.0 Å². The zero-order chi connectivity index (χ0) is 39.6. The van der Waals surface area contributed by atoms with E-state index in [4.69, 9.17) is 15.6 Å². The number of ketones is 1. The van der Waals surface area contributed by atoms with Crippen molar-refractivity contribution in [2.45, 2.75) is 50.0 Å². The molecule has 0 saturated heterocycles. The van der Waals surface area contributed by atoms with Crippen LogP contribution in [0.2, 0.25) is 0 Å². The number of carboxylic acids is 1. The number of carbonyl (C=O) groups is 5. The van der Waals surface area contributed by atoms with Crippen molar-refractivity contribution >= 4 is 52.8 Å². The van der Waals surface area contributed by atoms with E-state index in [0.717, 1.165) is 21.6 Å². The molecule has 0 aliphatic heterocycles. The molecule has 0 fully saturated rings. The Morgan fingerprint density at radius 1 is 0.727 bits per heavy atom. The Hall–Kier alpha value is -6.04. The van der Waals surface area contributed by atoms with E-state index in [9.17, 15) is 24.0 Å². The van der Waals surface area contributed by atoms with E-state index in [1.807, 2.05) is 91.0 Å². The van der Waals surface area contributed by atoms with E-state index in [2.05, 4.69) is 5.32 Å². The molecular formula is C44H43N3O7S. The number of aliphatic carboxylic acids is 1. The lowest BCUT2D eigenvalue weighted by Crippen LogP contribution is -2.50. The first-order chi connectivity index (χ1) is 26.3. The van der Waals surface area contributed by atoms with Crippen molar-refractivity contribution in [1.29, 1.82) is 0 Å². The molecule has 0 aliphatic rings. The van der Waals surface area contributed by atoms with Gasteiger partial charge in [-0.3, -0.25) is 19.2 Å². The Morgan fingerprint density at radius 2 is 1.22 bits per heavy atom. The van der Waals surface area contributed by atoms with E-state index >= 15 is 0 Å². The number of nitrogens with two attached hydrogens (primary N) is 1. The summed E-state index contributed by atoms with van der Waals surface area (Å²) in [7, 11) is 0. The normalized spacial score (nSPS) is 11.9. The Balaban J connectivity index is 1.56. The molecule has 55 heavy (non-hydrogen) atoms. The number of anilines is 2. The van der Waals surface area contributed by atoms with Crippen LogP contribution in [0.25, 0.3) is 0 Å². The van der Waals surface area contributed by atoms with Crippen molar-refractivity contribution in [2.24, 2.45) is 5.73 Å². The molecule has 5 rings (SSSR count). The number of thioether (sulfide) groups is 1. The Bertz CT molecular complexity index is 2030. The molecule has 0 aliphatic carbocycles. The summed E-state index contributed by atoms with van der Waals surface area (Å²) in [5.74, 6) is -3.01. The monoisotopic (exact) mass is 757 g/mol. The van der Waals surface area contributed by atoms with E-state index in [1.54, 1.807) is 51.1 Å². The van der Waals surface area contributed by atoms with Crippen LogP contribution in [0.1, 0.15) is 66.2 Å². The summed E-state index contributed by atoms with van der Waals surface area (Å²) in [6, 6.07) is 40.9. The number of hydrogen-bond acceptors (Lipinski definition) is 8.